The van der Waals surface area contributed by atoms with Crippen LogP contribution < -0.4 is 10.6 Å². The minimum absolute atomic E-state index is 0.0110. The minimum Gasteiger partial charge on any atom is -0.355 e. The molecule has 7 nitrogen and oxygen atoms in total. The quantitative estimate of drug-likeness (QED) is 0.683. The summed E-state index contributed by atoms with van der Waals surface area (Å²) in [6.45, 7) is 1.45. The Morgan fingerprint density at radius 3 is 2.08 bits per heavy atom. The molecule has 2 fully saturated rings. The zero-order chi connectivity index (χ0) is 17.7. The third-order valence-corrected chi connectivity index (χ3v) is 6.67. The van der Waals surface area contributed by atoms with Crippen LogP contribution >= 0.6 is 0 Å². The van der Waals surface area contributed by atoms with E-state index in [0.29, 0.717) is 25.8 Å². The van der Waals surface area contributed by atoms with Crippen molar-refractivity contribution in [2.45, 2.75) is 38.1 Å². The van der Waals surface area contributed by atoms with Crippen molar-refractivity contribution >= 4 is 21.7 Å². The number of likely N-dealkylation sites (N-methyl/N-ethyl adjacent to an activating group) is 1. The lowest BCUT2D eigenvalue weighted by Gasteiger charge is -2.28. The van der Waals surface area contributed by atoms with E-state index in [9.17, 15) is 18.0 Å². The van der Waals surface area contributed by atoms with Gasteiger partial charge in [-0.2, -0.15) is 0 Å². The van der Waals surface area contributed by atoms with Crippen molar-refractivity contribution in [3.63, 3.8) is 0 Å². The predicted molar refractivity (Wildman–Crippen MR) is 92.2 cm³/mol. The fourth-order valence-electron chi connectivity index (χ4n) is 3.39. The monoisotopic (exact) mass is 359 g/mol. The zero-order valence-corrected chi connectivity index (χ0v) is 15.4. The largest absolute Gasteiger partial charge is 0.355 e. The summed E-state index contributed by atoms with van der Waals surface area (Å²) in [4.78, 5) is 26.4. The van der Waals surface area contributed by atoms with Crippen molar-refractivity contribution in [2.24, 2.45) is 11.8 Å². The van der Waals surface area contributed by atoms with Gasteiger partial charge in [-0.3, -0.25) is 9.59 Å². The molecule has 1 atom stereocenters. The first-order valence-electron chi connectivity index (χ1n) is 8.70. The van der Waals surface area contributed by atoms with E-state index in [4.69, 9.17) is 0 Å². The summed E-state index contributed by atoms with van der Waals surface area (Å²) >= 11 is 0. The van der Waals surface area contributed by atoms with Crippen LogP contribution in [0.2, 0.25) is 0 Å². The van der Waals surface area contributed by atoms with Crippen LogP contribution in [0.15, 0.2) is 0 Å². The maximum absolute atomic E-state index is 12.3. The molecule has 1 saturated heterocycles. The average molecular weight is 359 g/mol. The maximum Gasteiger partial charge on any atom is 0.223 e. The van der Waals surface area contributed by atoms with E-state index in [0.717, 1.165) is 19.4 Å². The summed E-state index contributed by atoms with van der Waals surface area (Å²) in [6, 6.07) is -0.241. The molecule has 2 aliphatic rings. The van der Waals surface area contributed by atoms with Gasteiger partial charge in [0, 0.05) is 31.0 Å². The third kappa shape index (κ3) is 5.73. The van der Waals surface area contributed by atoms with Crippen LogP contribution in [0.1, 0.15) is 32.1 Å². The highest BCUT2D eigenvalue weighted by Crippen LogP contribution is 2.29. The van der Waals surface area contributed by atoms with Gasteiger partial charge in [-0.25, -0.2) is 8.42 Å². The number of nitrogens with one attached hydrogen (secondary N) is 2. The van der Waals surface area contributed by atoms with Gasteiger partial charge in [-0.05, 0) is 46.2 Å². The van der Waals surface area contributed by atoms with Gasteiger partial charge in [0.2, 0.25) is 11.8 Å². The van der Waals surface area contributed by atoms with Gasteiger partial charge in [0.15, 0.2) is 9.84 Å². The first-order chi connectivity index (χ1) is 11.3. The van der Waals surface area contributed by atoms with E-state index >= 15 is 0 Å². The third-order valence-electron chi connectivity index (χ3n) is 4.91. The molecule has 2 N–H and O–H groups in total. The summed E-state index contributed by atoms with van der Waals surface area (Å²) in [5, 5.41) is 5.82. The van der Waals surface area contributed by atoms with Crippen molar-refractivity contribution in [2.75, 3.05) is 38.7 Å². The highest BCUT2D eigenvalue weighted by Gasteiger charge is 2.33. The van der Waals surface area contributed by atoms with Gasteiger partial charge < -0.3 is 15.5 Å². The van der Waals surface area contributed by atoms with Crippen LogP contribution in [0.4, 0.5) is 0 Å². The Balaban J connectivity index is 1.70. The number of rotatable bonds is 6. The van der Waals surface area contributed by atoms with Crippen molar-refractivity contribution in [1.82, 2.24) is 15.5 Å². The molecule has 1 aliphatic carbocycles. The first-order valence-corrected chi connectivity index (χ1v) is 10.5. The van der Waals surface area contributed by atoms with Gasteiger partial charge in [0.05, 0.1) is 11.5 Å². The lowest BCUT2D eigenvalue weighted by Crippen LogP contribution is -2.42. The highest BCUT2D eigenvalue weighted by molar-refractivity contribution is 7.91. The summed E-state index contributed by atoms with van der Waals surface area (Å²) < 4.78 is 22.9. The van der Waals surface area contributed by atoms with Crippen LogP contribution in [-0.4, -0.2) is 69.9 Å². The van der Waals surface area contributed by atoms with Gasteiger partial charge in [-0.1, -0.05) is 0 Å². The van der Waals surface area contributed by atoms with Gasteiger partial charge >= 0.3 is 0 Å². The highest BCUT2D eigenvalue weighted by atomic mass is 32.2. The molecule has 1 unspecified atom stereocenters. The van der Waals surface area contributed by atoms with Crippen LogP contribution in [0.5, 0.6) is 0 Å². The van der Waals surface area contributed by atoms with E-state index in [1.165, 1.54) is 0 Å². The van der Waals surface area contributed by atoms with Gasteiger partial charge in [0.25, 0.3) is 0 Å². The normalized spacial score (nSPS) is 29.4. The van der Waals surface area contributed by atoms with Crippen molar-refractivity contribution < 1.29 is 18.0 Å². The topological polar surface area (TPSA) is 95.6 Å². The average Bonchev–Trinajstić information content (AvgIpc) is 2.85. The number of hydrogen-bond donors (Lipinski definition) is 2. The van der Waals surface area contributed by atoms with E-state index in [2.05, 4.69) is 10.6 Å². The van der Waals surface area contributed by atoms with Gasteiger partial charge in [0.1, 0.15) is 0 Å². The molecule has 8 heteroatoms. The fraction of sp³-hybridized carbons (Fsp3) is 0.875. The second-order valence-corrected chi connectivity index (χ2v) is 9.48. The molecule has 0 aromatic carbocycles. The second kappa shape index (κ2) is 8.29. The Morgan fingerprint density at radius 1 is 1.00 bits per heavy atom. The molecule has 2 rings (SSSR count). The Labute approximate surface area is 144 Å². The summed E-state index contributed by atoms with van der Waals surface area (Å²) in [7, 11) is 0.950. The molecule has 1 heterocycles. The molecule has 2 amide bonds. The molecular weight excluding hydrogens is 330 g/mol. The van der Waals surface area contributed by atoms with Crippen molar-refractivity contribution in [3.05, 3.63) is 0 Å². The van der Waals surface area contributed by atoms with Crippen molar-refractivity contribution in [3.8, 4) is 0 Å². The number of hydrogen-bond acceptors (Lipinski definition) is 5. The van der Waals surface area contributed by atoms with Gasteiger partial charge in [-0.15, -0.1) is 0 Å². The SMILES string of the molecule is CN(C)CCNC(=O)C1CCC(C(=O)NC2CCS(=O)(=O)C2)CC1. The second-order valence-electron chi connectivity index (χ2n) is 7.25. The lowest BCUT2D eigenvalue weighted by molar-refractivity contribution is -0.130. The smallest absolute Gasteiger partial charge is 0.223 e. The minimum atomic E-state index is -2.98. The zero-order valence-electron chi connectivity index (χ0n) is 14.6. The Bertz CT molecular complexity index is 554. The number of carbonyl (C=O) groups excluding carboxylic acids is 2. The molecule has 0 bridgehead atoms. The Hall–Kier alpha value is -1.15. The van der Waals surface area contributed by atoms with E-state index in [-0.39, 0.29) is 41.2 Å². The number of nitrogens with zero attached hydrogens (tertiary/aromatic N) is 1. The predicted octanol–water partition coefficient (Wildman–Crippen LogP) is -0.226. The van der Waals surface area contributed by atoms with E-state index < -0.39 is 9.84 Å². The number of amides is 2. The van der Waals surface area contributed by atoms with Crippen molar-refractivity contribution in [1.29, 1.82) is 0 Å². The summed E-state index contributed by atoms with van der Waals surface area (Å²) in [5.41, 5.74) is 0. The molecule has 1 saturated carbocycles. The van der Waals surface area contributed by atoms with Crippen LogP contribution in [-0.2, 0) is 19.4 Å². The number of sulfone groups is 1. The first kappa shape index (κ1) is 19.2. The molecule has 24 heavy (non-hydrogen) atoms. The Kier molecular flexibility index (Phi) is 6.62. The lowest BCUT2D eigenvalue weighted by atomic mass is 9.81. The van der Waals surface area contributed by atoms with E-state index in [1.807, 2.05) is 19.0 Å². The molecule has 0 aromatic rings. The van der Waals surface area contributed by atoms with Crippen LogP contribution in [0.3, 0.4) is 0 Å². The molecule has 0 radical (unpaired) electrons. The van der Waals surface area contributed by atoms with Crippen LogP contribution in [0.25, 0.3) is 0 Å². The molecule has 0 spiro atoms. The molecular formula is C16H29N3O4S. The summed E-state index contributed by atoms with van der Waals surface area (Å²) in [6.07, 6.45) is 3.33. The standard InChI is InChI=1S/C16H29N3O4S/c1-19(2)9-8-17-15(20)12-3-5-13(6-4-12)16(21)18-14-7-10-24(22,23)11-14/h12-14H,3-11H2,1-2H3,(H,17,20)(H,18,21). The molecule has 1 aliphatic heterocycles. The Morgan fingerprint density at radius 2 is 1.58 bits per heavy atom. The maximum atomic E-state index is 12.3. The van der Waals surface area contributed by atoms with Crippen LogP contribution in [0, 0.1) is 11.8 Å². The molecule has 138 valence electrons. The summed E-state index contributed by atoms with van der Waals surface area (Å²) in [5.74, 6) is 0.142. The molecule has 0 aromatic heterocycles. The number of carbonyl (C=O) groups is 2. The fourth-order valence-corrected chi connectivity index (χ4v) is 5.07. The van der Waals surface area contributed by atoms with E-state index in [1.54, 1.807) is 0 Å².